The first-order valence-corrected chi connectivity index (χ1v) is 8.73. The molecule has 1 heterocycles. The third-order valence-corrected chi connectivity index (χ3v) is 4.76. The van der Waals surface area contributed by atoms with Crippen LogP contribution < -0.4 is 9.47 Å². The fourth-order valence-electron chi connectivity index (χ4n) is 2.40. The van der Waals surface area contributed by atoms with E-state index in [9.17, 15) is 17.6 Å². The second-order valence-corrected chi connectivity index (χ2v) is 6.52. The van der Waals surface area contributed by atoms with Crippen molar-refractivity contribution in [3.05, 3.63) is 59.5 Å². The van der Waals surface area contributed by atoms with E-state index in [2.05, 4.69) is 9.98 Å². The Labute approximate surface area is 162 Å². The SMILES string of the molecule is COc1ccc(/C=N/c2nc(C(F)(F)F)c(-c3ccc(F)cc3)s2)c(OC)c1. The van der Waals surface area contributed by atoms with Crippen molar-refractivity contribution in [1.82, 2.24) is 4.98 Å². The van der Waals surface area contributed by atoms with Crippen LogP contribution >= 0.6 is 11.3 Å². The summed E-state index contributed by atoms with van der Waals surface area (Å²) in [5, 5.41) is -0.0791. The molecule has 2 aromatic carbocycles. The van der Waals surface area contributed by atoms with Crippen LogP contribution in [0.1, 0.15) is 11.3 Å². The van der Waals surface area contributed by atoms with Gasteiger partial charge in [-0.3, -0.25) is 0 Å². The predicted octanol–water partition coefficient (Wildman–Crippen LogP) is 5.74. The quantitative estimate of drug-likeness (QED) is 0.398. The Kier molecular flexibility index (Phi) is 5.64. The van der Waals surface area contributed by atoms with Crippen LogP contribution in [0, 0.1) is 5.82 Å². The Bertz CT molecular complexity index is 998. The van der Waals surface area contributed by atoms with Gasteiger partial charge < -0.3 is 9.47 Å². The Morgan fingerprint density at radius 3 is 2.36 bits per heavy atom. The number of nitrogens with zero attached hydrogens (tertiary/aromatic N) is 2. The molecule has 3 rings (SSSR count). The molecule has 0 spiro atoms. The van der Waals surface area contributed by atoms with Crippen LogP contribution in [0.25, 0.3) is 10.4 Å². The molecular weight excluding hydrogens is 396 g/mol. The summed E-state index contributed by atoms with van der Waals surface area (Å²) >= 11 is 0.769. The lowest BCUT2D eigenvalue weighted by molar-refractivity contribution is -0.140. The van der Waals surface area contributed by atoms with Gasteiger partial charge in [0.05, 0.1) is 19.1 Å². The molecule has 0 N–H and O–H groups in total. The van der Waals surface area contributed by atoms with E-state index >= 15 is 0 Å². The van der Waals surface area contributed by atoms with Crippen molar-refractivity contribution >= 4 is 22.7 Å². The minimum Gasteiger partial charge on any atom is -0.497 e. The van der Waals surface area contributed by atoms with E-state index in [1.54, 1.807) is 18.2 Å². The van der Waals surface area contributed by atoms with Gasteiger partial charge in [-0.1, -0.05) is 23.5 Å². The normalized spacial score (nSPS) is 11.8. The summed E-state index contributed by atoms with van der Waals surface area (Å²) in [6.07, 6.45) is -3.29. The van der Waals surface area contributed by atoms with Gasteiger partial charge in [0.15, 0.2) is 5.69 Å². The van der Waals surface area contributed by atoms with Gasteiger partial charge >= 0.3 is 6.18 Å². The number of ether oxygens (including phenoxy) is 2. The van der Waals surface area contributed by atoms with Crippen LogP contribution in [-0.4, -0.2) is 25.4 Å². The molecule has 9 heteroatoms. The molecule has 3 aromatic rings. The number of thiazole rings is 1. The highest BCUT2D eigenvalue weighted by Crippen LogP contribution is 2.42. The van der Waals surface area contributed by atoms with Crippen LogP contribution in [-0.2, 0) is 6.18 Å². The van der Waals surface area contributed by atoms with Crippen LogP contribution in [0.2, 0.25) is 0 Å². The molecule has 0 saturated carbocycles. The zero-order valence-electron chi connectivity index (χ0n) is 14.7. The summed E-state index contributed by atoms with van der Waals surface area (Å²) in [5.41, 5.74) is -0.289. The lowest BCUT2D eigenvalue weighted by Gasteiger charge is -2.06. The molecule has 4 nitrogen and oxygen atoms in total. The number of hydrogen-bond donors (Lipinski definition) is 0. The predicted molar refractivity (Wildman–Crippen MR) is 99.3 cm³/mol. The number of halogens is 4. The number of benzene rings is 2. The van der Waals surface area contributed by atoms with Gasteiger partial charge in [0.25, 0.3) is 0 Å². The summed E-state index contributed by atoms with van der Waals surface area (Å²) in [5.74, 6) is 0.488. The molecule has 0 bridgehead atoms. The summed E-state index contributed by atoms with van der Waals surface area (Å²) in [6, 6.07) is 9.72. The van der Waals surface area contributed by atoms with Crippen molar-refractivity contribution < 1.29 is 27.0 Å². The van der Waals surface area contributed by atoms with Crippen molar-refractivity contribution in [2.24, 2.45) is 4.99 Å². The number of methoxy groups -OCH3 is 2. The summed E-state index contributed by atoms with van der Waals surface area (Å²) in [7, 11) is 2.97. The molecule has 0 atom stereocenters. The molecule has 0 fully saturated rings. The van der Waals surface area contributed by atoms with Crippen molar-refractivity contribution in [3.63, 3.8) is 0 Å². The van der Waals surface area contributed by atoms with Gasteiger partial charge in [-0.15, -0.1) is 0 Å². The summed E-state index contributed by atoms with van der Waals surface area (Å²) < 4.78 is 63.6. The largest absolute Gasteiger partial charge is 0.497 e. The minimum atomic E-state index is -4.66. The molecule has 146 valence electrons. The highest BCUT2D eigenvalue weighted by Gasteiger charge is 2.38. The molecule has 0 saturated heterocycles. The van der Waals surface area contributed by atoms with E-state index in [1.807, 2.05) is 0 Å². The van der Waals surface area contributed by atoms with Gasteiger partial charge in [0.1, 0.15) is 17.3 Å². The van der Waals surface area contributed by atoms with E-state index in [0.29, 0.717) is 17.1 Å². The maximum atomic E-state index is 13.4. The fraction of sp³-hybridized carbons (Fsp3) is 0.158. The Morgan fingerprint density at radius 1 is 1.04 bits per heavy atom. The van der Waals surface area contributed by atoms with E-state index in [0.717, 1.165) is 23.5 Å². The van der Waals surface area contributed by atoms with Crippen molar-refractivity contribution in [3.8, 4) is 21.9 Å². The highest BCUT2D eigenvalue weighted by atomic mass is 32.1. The molecule has 0 aliphatic heterocycles. The number of hydrogen-bond acceptors (Lipinski definition) is 5. The highest BCUT2D eigenvalue weighted by molar-refractivity contribution is 7.18. The van der Waals surface area contributed by atoms with Gasteiger partial charge in [-0.2, -0.15) is 13.2 Å². The van der Waals surface area contributed by atoms with E-state index in [4.69, 9.17) is 9.47 Å². The topological polar surface area (TPSA) is 43.7 Å². The van der Waals surface area contributed by atoms with E-state index < -0.39 is 17.7 Å². The first kappa shape index (κ1) is 19.8. The first-order chi connectivity index (χ1) is 13.3. The Morgan fingerprint density at radius 2 is 1.75 bits per heavy atom. The zero-order chi connectivity index (χ0) is 20.3. The first-order valence-electron chi connectivity index (χ1n) is 7.92. The van der Waals surface area contributed by atoms with Crippen LogP contribution in [0.15, 0.2) is 47.5 Å². The number of rotatable bonds is 5. The molecule has 28 heavy (non-hydrogen) atoms. The second-order valence-electron chi connectivity index (χ2n) is 5.54. The van der Waals surface area contributed by atoms with Crippen molar-refractivity contribution in [1.29, 1.82) is 0 Å². The number of aromatic nitrogens is 1. The molecule has 0 radical (unpaired) electrons. The fourth-order valence-corrected chi connectivity index (χ4v) is 3.34. The molecule has 0 aliphatic carbocycles. The Hall–Kier alpha value is -2.94. The number of alkyl halides is 3. The maximum absolute atomic E-state index is 13.4. The van der Waals surface area contributed by atoms with Crippen LogP contribution in [0.4, 0.5) is 22.7 Å². The van der Waals surface area contributed by atoms with Crippen LogP contribution in [0.3, 0.4) is 0 Å². The van der Waals surface area contributed by atoms with Crippen molar-refractivity contribution in [2.75, 3.05) is 14.2 Å². The Balaban J connectivity index is 1.99. The van der Waals surface area contributed by atoms with E-state index in [1.165, 1.54) is 32.6 Å². The van der Waals surface area contributed by atoms with Gasteiger partial charge in [-0.25, -0.2) is 14.4 Å². The lowest BCUT2D eigenvalue weighted by Crippen LogP contribution is -2.06. The number of aliphatic imine (C=N–C) groups is 1. The average molecular weight is 410 g/mol. The molecule has 1 aromatic heterocycles. The molecule has 0 aliphatic rings. The van der Waals surface area contributed by atoms with Gasteiger partial charge in [-0.05, 0) is 29.8 Å². The summed E-state index contributed by atoms with van der Waals surface area (Å²) in [4.78, 5) is 7.56. The maximum Gasteiger partial charge on any atom is 0.434 e. The summed E-state index contributed by atoms with van der Waals surface area (Å²) in [6.45, 7) is 0. The third-order valence-electron chi connectivity index (χ3n) is 3.75. The lowest BCUT2D eigenvalue weighted by atomic mass is 10.1. The molecule has 0 unspecified atom stereocenters. The van der Waals surface area contributed by atoms with Gasteiger partial charge in [0, 0.05) is 17.8 Å². The van der Waals surface area contributed by atoms with Gasteiger partial charge in [0.2, 0.25) is 5.13 Å². The second kappa shape index (κ2) is 7.97. The molecular formula is C19H14F4N2O2S. The smallest absolute Gasteiger partial charge is 0.434 e. The monoisotopic (exact) mass is 410 g/mol. The van der Waals surface area contributed by atoms with Crippen molar-refractivity contribution in [2.45, 2.75) is 6.18 Å². The van der Waals surface area contributed by atoms with E-state index in [-0.39, 0.29) is 15.6 Å². The zero-order valence-corrected chi connectivity index (χ0v) is 15.6. The molecule has 0 amide bonds. The standard InChI is InChI=1S/C19H14F4N2O2S/c1-26-14-8-5-12(15(9-14)27-2)10-24-18-25-17(19(21,22)23)16(28-18)11-3-6-13(20)7-4-11/h3-10H,1-2H3/b24-10+. The average Bonchev–Trinajstić information content (AvgIpc) is 3.11. The minimum absolute atomic E-state index is 0.0791. The van der Waals surface area contributed by atoms with Crippen LogP contribution in [0.5, 0.6) is 11.5 Å². The third kappa shape index (κ3) is 4.30.